The summed E-state index contributed by atoms with van der Waals surface area (Å²) in [5, 5.41) is 10.9. The molecule has 2 fully saturated rings. The van der Waals surface area contributed by atoms with Crippen molar-refractivity contribution in [2.45, 2.75) is 31.5 Å². The second-order valence-corrected chi connectivity index (χ2v) is 6.85. The minimum atomic E-state index is 0.283. The second-order valence-electron chi connectivity index (χ2n) is 6.85. The Balaban J connectivity index is 1.31. The molecule has 1 saturated heterocycles. The third-order valence-corrected chi connectivity index (χ3v) is 5.02. The largest absolute Gasteiger partial charge is 0.497 e. The highest BCUT2D eigenvalue weighted by molar-refractivity contribution is 5.63. The monoisotopic (exact) mass is 342 g/mol. The lowest BCUT2D eigenvalue weighted by Gasteiger charge is -2.33. The number of nitrogens with one attached hydrogen (secondary N) is 2. The van der Waals surface area contributed by atoms with Crippen LogP contribution in [0.1, 0.15) is 18.4 Å². The number of hydrogen-bond acceptors (Lipinski definition) is 5. The summed E-state index contributed by atoms with van der Waals surface area (Å²) in [5.41, 5.74) is 3.34. The molecule has 2 heterocycles. The van der Waals surface area contributed by atoms with E-state index in [1.54, 1.807) is 7.11 Å². The number of methoxy groups -OCH3 is 1. The molecule has 134 valence electrons. The maximum Gasteiger partial charge on any atom is 0.118 e. The van der Waals surface area contributed by atoms with Crippen LogP contribution in [0, 0.1) is 0 Å². The van der Waals surface area contributed by atoms with Crippen LogP contribution in [0.4, 0.5) is 0 Å². The molecule has 1 saturated carbocycles. The molecule has 0 unspecified atom stereocenters. The summed E-state index contributed by atoms with van der Waals surface area (Å²) >= 11 is 0. The Morgan fingerprint density at radius 2 is 2.16 bits per heavy atom. The fourth-order valence-electron chi connectivity index (χ4n) is 3.46. The number of H-pyrrole nitrogens is 1. The van der Waals surface area contributed by atoms with Crippen molar-refractivity contribution in [2.75, 3.05) is 33.4 Å². The summed E-state index contributed by atoms with van der Waals surface area (Å²) in [7, 11) is 1.68. The van der Waals surface area contributed by atoms with E-state index < -0.39 is 0 Å². The predicted octanol–water partition coefficient (Wildman–Crippen LogP) is 2.04. The summed E-state index contributed by atoms with van der Waals surface area (Å²) in [6.07, 6.45) is 4.90. The molecule has 1 aromatic heterocycles. The lowest BCUT2D eigenvalue weighted by atomic mass is 10.1. The molecule has 0 bridgehead atoms. The van der Waals surface area contributed by atoms with Crippen molar-refractivity contribution in [1.82, 2.24) is 20.4 Å². The van der Waals surface area contributed by atoms with Crippen LogP contribution in [0.25, 0.3) is 11.3 Å². The minimum absolute atomic E-state index is 0.283. The Kier molecular flexibility index (Phi) is 5.01. The van der Waals surface area contributed by atoms with Crippen molar-refractivity contribution >= 4 is 0 Å². The molecule has 6 nitrogen and oxygen atoms in total. The molecular weight excluding hydrogens is 316 g/mol. The Morgan fingerprint density at radius 3 is 2.92 bits per heavy atom. The van der Waals surface area contributed by atoms with Gasteiger partial charge in [0.1, 0.15) is 5.75 Å². The highest BCUT2D eigenvalue weighted by Gasteiger charge is 2.32. The van der Waals surface area contributed by atoms with Crippen molar-refractivity contribution in [1.29, 1.82) is 0 Å². The van der Waals surface area contributed by atoms with E-state index in [-0.39, 0.29) is 6.10 Å². The zero-order valence-corrected chi connectivity index (χ0v) is 14.7. The van der Waals surface area contributed by atoms with E-state index >= 15 is 0 Å². The van der Waals surface area contributed by atoms with Gasteiger partial charge >= 0.3 is 0 Å². The molecule has 6 heteroatoms. The second kappa shape index (κ2) is 7.56. The third kappa shape index (κ3) is 4.03. The molecule has 0 radical (unpaired) electrons. The number of benzene rings is 1. The lowest BCUT2D eigenvalue weighted by Crippen LogP contribution is -2.47. The highest BCUT2D eigenvalue weighted by Crippen LogP contribution is 2.28. The topological polar surface area (TPSA) is 62.4 Å². The van der Waals surface area contributed by atoms with Crippen LogP contribution in [0.2, 0.25) is 0 Å². The zero-order chi connectivity index (χ0) is 17.1. The normalized spacial score (nSPS) is 21.4. The van der Waals surface area contributed by atoms with Crippen molar-refractivity contribution in [3.05, 3.63) is 36.0 Å². The standard InChI is InChI=1S/C19H26N4O2/c1-24-17-6-2-14(3-7-17)19-15(11-21-22-19)10-20-12-18-13-23(8-9-25-18)16-4-5-16/h2-3,6-7,11,16,18,20H,4-5,8-10,12-13H2,1H3,(H,21,22)/t18-/m0/s1. The number of aromatic amines is 1. The summed E-state index contributed by atoms with van der Waals surface area (Å²) in [6, 6.07) is 8.86. The quantitative estimate of drug-likeness (QED) is 0.806. The van der Waals surface area contributed by atoms with Crippen LogP contribution in [0.3, 0.4) is 0 Å². The SMILES string of the molecule is COc1ccc(-c2[nH]ncc2CNC[C@H]2CN(C3CC3)CCO2)cc1. The average molecular weight is 342 g/mol. The Hall–Kier alpha value is -1.89. The van der Waals surface area contributed by atoms with Crippen LogP contribution >= 0.6 is 0 Å². The summed E-state index contributed by atoms with van der Waals surface area (Å²) < 4.78 is 11.1. The Labute approximate surface area is 148 Å². The third-order valence-electron chi connectivity index (χ3n) is 5.02. The van der Waals surface area contributed by atoms with E-state index in [0.717, 1.165) is 55.8 Å². The first kappa shape index (κ1) is 16.6. The molecule has 1 atom stereocenters. The molecule has 0 spiro atoms. The van der Waals surface area contributed by atoms with Gasteiger partial charge in [0.2, 0.25) is 0 Å². The molecule has 25 heavy (non-hydrogen) atoms. The van der Waals surface area contributed by atoms with Gasteiger partial charge in [-0.3, -0.25) is 10.00 Å². The minimum Gasteiger partial charge on any atom is -0.497 e. The molecule has 1 aliphatic heterocycles. The molecule has 2 aliphatic rings. The molecule has 2 aromatic rings. The van der Waals surface area contributed by atoms with Gasteiger partial charge in [0.15, 0.2) is 0 Å². The lowest BCUT2D eigenvalue weighted by molar-refractivity contribution is -0.0301. The maximum absolute atomic E-state index is 5.90. The maximum atomic E-state index is 5.90. The first-order valence-electron chi connectivity index (χ1n) is 9.06. The van der Waals surface area contributed by atoms with Gasteiger partial charge in [-0.25, -0.2) is 0 Å². The number of aromatic nitrogens is 2. The van der Waals surface area contributed by atoms with Crippen LogP contribution < -0.4 is 10.1 Å². The van der Waals surface area contributed by atoms with Crippen molar-refractivity contribution < 1.29 is 9.47 Å². The molecule has 0 amide bonds. The van der Waals surface area contributed by atoms with Gasteiger partial charge in [-0.05, 0) is 37.1 Å². The predicted molar refractivity (Wildman–Crippen MR) is 96.6 cm³/mol. The van der Waals surface area contributed by atoms with Crippen molar-refractivity contribution in [2.24, 2.45) is 0 Å². The summed E-state index contributed by atoms with van der Waals surface area (Å²) in [6.45, 7) is 4.64. The number of morpholine rings is 1. The van der Waals surface area contributed by atoms with Gasteiger partial charge in [-0.15, -0.1) is 0 Å². The van der Waals surface area contributed by atoms with Gasteiger partial charge in [0.25, 0.3) is 0 Å². The van der Waals surface area contributed by atoms with Gasteiger partial charge < -0.3 is 14.8 Å². The van der Waals surface area contributed by atoms with Crippen LogP contribution in [0.15, 0.2) is 30.5 Å². The summed E-state index contributed by atoms with van der Waals surface area (Å²) in [4.78, 5) is 2.58. The Morgan fingerprint density at radius 1 is 1.32 bits per heavy atom. The molecule has 2 N–H and O–H groups in total. The van der Waals surface area contributed by atoms with Gasteiger partial charge in [-0.1, -0.05) is 0 Å². The van der Waals surface area contributed by atoms with Crippen LogP contribution in [0.5, 0.6) is 5.75 Å². The smallest absolute Gasteiger partial charge is 0.118 e. The van der Waals surface area contributed by atoms with E-state index in [1.165, 1.54) is 18.4 Å². The van der Waals surface area contributed by atoms with E-state index in [0.29, 0.717) is 0 Å². The van der Waals surface area contributed by atoms with E-state index in [1.807, 2.05) is 30.5 Å². The highest BCUT2D eigenvalue weighted by atomic mass is 16.5. The van der Waals surface area contributed by atoms with E-state index in [9.17, 15) is 0 Å². The summed E-state index contributed by atoms with van der Waals surface area (Å²) in [5.74, 6) is 0.859. The van der Waals surface area contributed by atoms with Crippen LogP contribution in [-0.2, 0) is 11.3 Å². The number of nitrogens with zero attached hydrogens (tertiary/aromatic N) is 2. The van der Waals surface area contributed by atoms with Gasteiger partial charge in [0.05, 0.1) is 31.7 Å². The van der Waals surface area contributed by atoms with Crippen molar-refractivity contribution in [3.63, 3.8) is 0 Å². The van der Waals surface area contributed by atoms with E-state index in [4.69, 9.17) is 9.47 Å². The first-order valence-corrected chi connectivity index (χ1v) is 9.06. The van der Waals surface area contributed by atoms with Crippen molar-refractivity contribution in [3.8, 4) is 17.0 Å². The fourth-order valence-corrected chi connectivity index (χ4v) is 3.46. The Bertz CT molecular complexity index is 681. The fraction of sp³-hybridized carbons (Fsp3) is 0.526. The van der Waals surface area contributed by atoms with Gasteiger partial charge in [0, 0.05) is 43.3 Å². The molecule has 1 aromatic carbocycles. The number of hydrogen-bond donors (Lipinski definition) is 2. The number of rotatable bonds is 7. The molecular formula is C19H26N4O2. The van der Waals surface area contributed by atoms with E-state index in [2.05, 4.69) is 20.4 Å². The van der Waals surface area contributed by atoms with Gasteiger partial charge in [-0.2, -0.15) is 5.10 Å². The molecule has 4 rings (SSSR count). The molecule has 1 aliphatic carbocycles. The zero-order valence-electron chi connectivity index (χ0n) is 14.7. The number of ether oxygens (including phenoxy) is 2. The first-order chi connectivity index (χ1) is 12.3. The average Bonchev–Trinajstić information content (AvgIpc) is 3.41. The van der Waals surface area contributed by atoms with Crippen LogP contribution in [-0.4, -0.2) is 60.6 Å².